The molecule has 0 aliphatic rings. The van der Waals surface area contributed by atoms with Crippen LogP contribution in [0.4, 0.5) is 16.3 Å². The number of rotatable bonds is 3. The summed E-state index contributed by atoms with van der Waals surface area (Å²) < 4.78 is 1.46. The topological polar surface area (TPSA) is 76.0 Å². The number of urea groups is 1. The minimum absolute atomic E-state index is 0.161. The molecule has 0 saturated carbocycles. The molecule has 2 aromatic carbocycles. The van der Waals surface area contributed by atoms with Crippen LogP contribution in [-0.2, 0) is 0 Å². The van der Waals surface area contributed by atoms with Gasteiger partial charge in [-0.05, 0) is 44.2 Å². The van der Waals surface area contributed by atoms with Crippen molar-refractivity contribution in [2.75, 3.05) is 10.6 Å². The van der Waals surface area contributed by atoms with E-state index in [-0.39, 0.29) is 6.04 Å². The molecule has 1 aromatic heterocycles. The number of halogens is 1. The molecule has 128 valence electrons. The van der Waals surface area contributed by atoms with Crippen LogP contribution in [0.15, 0.2) is 53.3 Å². The highest BCUT2D eigenvalue weighted by atomic mass is 35.5. The molecule has 0 aliphatic carbocycles. The van der Waals surface area contributed by atoms with Gasteiger partial charge in [0.25, 0.3) is 0 Å². The fourth-order valence-corrected chi connectivity index (χ4v) is 2.79. The first kappa shape index (κ1) is 17.0. The van der Waals surface area contributed by atoms with Crippen molar-refractivity contribution in [3.8, 4) is 0 Å². The number of carbonyl (C=O) groups excluding carboxylic acids is 1. The molecule has 2 amide bonds. The van der Waals surface area contributed by atoms with Gasteiger partial charge >= 0.3 is 11.7 Å². The maximum absolute atomic E-state index is 12.4. The van der Waals surface area contributed by atoms with E-state index in [0.29, 0.717) is 27.4 Å². The van der Waals surface area contributed by atoms with Gasteiger partial charge in [-0.15, -0.1) is 0 Å². The van der Waals surface area contributed by atoms with Gasteiger partial charge in [-0.1, -0.05) is 29.8 Å². The molecular formula is C18H17ClN4O2. The van der Waals surface area contributed by atoms with E-state index in [1.54, 1.807) is 36.4 Å². The van der Waals surface area contributed by atoms with Crippen molar-refractivity contribution in [2.24, 2.45) is 0 Å². The van der Waals surface area contributed by atoms with E-state index in [1.165, 1.54) is 4.57 Å². The third-order valence-corrected chi connectivity index (χ3v) is 3.89. The Morgan fingerprint density at radius 2 is 1.88 bits per heavy atom. The summed E-state index contributed by atoms with van der Waals surface area (Å²) in [5.74, 6) is 0.408. The van der Waals surface area contributed by atoms with Crippen molar-refractivity contribution in [3.05, 3.63) is 64.0 Å². The Morgan fingerprint density at radius 1 is 1.12 bits per heavy atom. The molecule has 3 rings (SSSR count). The van der Waals surface area contributed by atoms with Crippen LogP contribution < -0.4 is 16.3 Å². The Bertz CT molecular complexity index is 998. The highest BCUT2D eigenvalue weighted by Gasteiger charge is 2.16. The summed E-state index contributed by atoms with van der Waals surface area (Å²) >= 11 is 5.93. The van der Waals surface area contributed by atoms with E-state index < -0.39 is 11.7 Å². The number of aromatic nitrogens is 2. The zero-order chi connectivity index (χ0) is 18.0. The smallest absolute Gasteiger partial charge is 0.308 e. The minimum atomic E-state index is -0.465. The number of anilines is 2. The molecular weight excluding hydrogens is 340 g/mol. The summed E-state index contributed by atoms with van der Waals surface area (Å²) in [4.78, 5) is 28.8. The molecule has 3 aromatic rings. The summed E-state index contributed by atoms with van der Waals surface area (Å²) in [7, 11) is 0. The van der Waals surface area contributed by atoms with Crippen LogP contribution >= 0.6 is 11.6 Å². The van der Waals surface area contributed by atoms with Crippen LogP contribution in [0.2, 0.25) is 5.02 Å². The highest BCUT2D eigenvalue weighted by Crippen LogP contribution is 2.23. The van der Waals surface area contributed by atoms with Crippen molar-refractivity contribution < 1.29 is 4.79 Å². The zero-order valence-corrected chi connectivity index (χ0v) is 14.5. The van der Waals surface area contributed by atoms with Crippen molar-refractivity contribution in [2.45, 2.75) is 19.9 Å². The number of para-hydroxylation sites is 1. The predicted molar refractivity (Wildman–Crippen MR) is 100 cm³/mol. The van der Waals surface area contributed by atoms with E-state index in [2.05, 4.69) is 15.6 Å². The second-order valence-electron chi connectivity index (χ2n) is 5.81. The number of hydrogen-bond acceptors (Lipinski definition) is 3. The standard InChI is InChI=1S/C18H17ClN4O2/c1-11(2)23-16(14-8-3-4-9-15(14)21-18(23)25)22-17(24)20-13-7-5-6-12(19)10-13/h3-11H,1-2H3,(H2,20,22,24). The Kier molecular flexibility index (Phi) is 4.72. The van der Waals surface area contributed by atoms with E-state index in [1.807, 2.05) is 26.0 Å². The maximum atomic E-state index is 12.4. The van der Waals surface area contributed by atoms with Crippen LogP contribution in [0.1, 0.15) is 19.9 Å². The quantitative estimate of drug-likeness (QED) is 0.735. The highest BCUT2D eigenvalue weighted by molar-refractivity contribution is 6.30. The van der Waals surface area contributed by atoms with Gasteiger partial charge in [0.05, 0.1) is 5.52 Å². The van der Waals surface area contributed by atoms with Gasteiger partial charge in [0.1, 0.15) is 5.82 Å². The van der Waals surface area contributed by atoms with Crippen molar-refractivity contribution >= 4 is 40.0 Å². The molecule has 0 radical (unpaired) electrons. The normalized spacial score (nSPS) is 10.9. The lowest BCUT2D eigenvalue weighted by molar-refractivity contribution is 0.262. The largest absolute Gasteiger partial charge is 0.349 e. The second-order valence-corrected chi connectivity index (χ2v) is 6.25. The SMILES string of the molecule is CC(C)n1c(NC(=O)Nc2cccc(Cl)c2)c2ccccc2nc1=O. The second kappa shape index (κ2) is 6.94. The first-order chi connectivity index (χ1) is 12.0. The predicted octanol–water partition coefficient (Wildman–Crippen LogP) is 4.27. The van der Waals surface area contributed by atoms with Crippen LogP contribution in [-0.4, -0.2) is 15.6 Å². The summed E-state index contributed by atoms with van der Waals surface area (Å²) in [5, 5.41) is 6.70. The van der Waals surface area contributed by atoms with Crippen molar-refractivity contribution in [1.82, 2.24) is 9.55 Å². The molecule has 0 atom stereocenters. The Balaban J connectivity index is 2.01. The van der Waals surface area contributed by atoms with Gasteiger partial charge in [-0.25, -0.2) is 9.59 Å². The Hall–Kier alpha value is -2.86. The number of fused-ring (bicyclic) bond motifs is 1. The van der Waals surface area contributed by atoms with E-state index >= 15 is 0 Å². The molecule has 0 fully saturated rings. The Morgan fingerprint density at radius 3 is 2.60 bits per heavy atom. The molecule has 0 bridgehead atoms. The van der Waals surface area contributed by atoms with Gasteiger partial charge in [0.15, 0.2) is 0 Å². The average molecular weight is 357 g/mol. The summed E-state index contributed by atoms with van der Waals surface area (Å²) in [5.41, 5.74) is 0.677. The lowest BCUT2D eigenvalue weighted by atomic mass is 10.2. The van der Waals surface area contributed by atoms with Crippen molar-refractivity contribution in [1.29, 1.82) is 0 Å². The lowest BCUT2D eigenvalue weighted by Gasteiger charge is -2.18. The molecule has 0 aliphatic heterocycles. The molecule has 0 unspecified atom stereocenters. The van der Waals surface area contributed by atoms with Gasteiger partial charge in [-0.3, -0.25) is 9.88 Å². The first-order valence-electron chi connectivity index (χ1n) is 7.80. The molecule has 7 heteroatoms. The van der Waals surface area contributed by atoms with Gasteiger partial charge in [0, 0.05) is 22.1 Å². The number of carbonyl (C=O) groups is 1. The molecule has 2 N–H and O–H groups in total. The van der Waals surface area contributed by atoms with E-state index in [0.717, 1.165) is 0 Å². The van der Waals surface area contributed by atoms with Crippen LogP contribution in [0.5, 0.6) is 0 Å². The molecule has 0 spiro atoms. The summed E-state index contributed by atoms with van der Waals surface area (Å²) in [6.45, 7) is 3.72. The average Bonchev–Trinajstić information content (AvgIpc) is 2.54. The number of nitrogens with zero attached hydrogens (tertiary/aromatic N) is 2. The molecule has 0 saturated heterocycles. The minimum Gasteiger partial charge on any atom is -0.308 e. The van der Waals surface area contributed by atoms with Gasteiger partial charge in [-0.2, -0.15) is 4.98 Å². The van der Waals surface area contributed by atoms with Crippen LogP contribution in [0.25, 0.3) is 10.9 Å². The number of hydrogen-bond donors (Lipinski definition) is 2. The van der Waals surface area contributed by atoms with Crippen molar-refractivity contribution in [3.63, 3.8) is 0 Å². The molecule has 25 heavy (non-hydrogen) atoms. The fraction of sp³-hybridized carbons (Fsp3) is 0.167. The number of nitrogens with one attached hydrogen (secondary N) is 2. The Labute approximate surface area is 149 Å². The van der Waals surface area contributed by atoms with E-state index in [9.17, 15) is 9.59 Å². The number of benzene rings is 2. The fourth-order valence-electron chi connectivity index (χ4n) is 2.60. The third kappa shape index (κ3) is 3.64. The number of amides is 2. The van der Waals surface area contributed by atoms with Gasteiger partial charge < -0.3 is 5.32 Å². The summed E-state index contributed by atoms with van der Waals surface area (Å²) in [6, 6.07) is 13.4. The maximum Gasteiger partial charge on any atom is 0.349 e. The van der Waals surface area contributed by atoms with Crippen LogP contribution in [0.3, 0.4) is 0 Å². The molecule has 6 nitrogen and oxygen atoms in total. The van der Waals surface area contributed by atoms with Gasteiger partial charge in [0.2, 0.25) is 0 Å². The monoisotopic (exact) mass is 356 g/mol. The first-order valence-corrected chi connectivity index (χ1v) is 8.18. The van der Waals surface area contributed by atoms with Crippen LogP contribution in [0, 0.1) is 0 Å². The third-order valence-electron chi connectivity index (χ3n) is 3.65. The summed E-state index contributed by atoms with van der Waals surface area (Å²) in [6.07, 6.45) is 0. The lowest BCUT2D eigenvalue weighted by Crippen LogP contribution is -2.30. The van der Waals surface area contributed by atoms with E-state index in [4.69, 9.17) is 11.6 Å². The zero-order valence-electron chi connectivity index (χ0n) is 13.8. The molecule has 1 heterocycles.